The molecule has 132 valence electrons. The maximum Gasteiger partial charge on any atom is 0.254 e. The summed E-state index contributed by atoms with van der Waals surface area (Å²) in [5.41, 5.74) is 1.05. The monoisotopic (exact) mass is 334 g/mol. The van der Waals surface area contributed by atoms with Crippen LogP contribution in [0.15, 0.2) is 18.2 Å². The Hall–Kier alpha value is -1.66. The number of halogens is 1. The van der Waals surface area contributed by atoms with Gasteiger partial charge in [-0.2, -0.15) is 0 Å². The molecule has 1 amide bonds. The Bertz CT molecular complexity index is 586. The third-order valence-electron chi connectivity index (χ3n) is 5.12. The van der Waals surface area contributed by atoms with Crippen molar-refractivity contribution < 1.29 is 9.18 Å². The molecule has 1 atom stereocenters. The first kappa shape index (κ1) is 17.2. The molecule has 2 saturated heterocycles. The van der Waals surface area contributed by atoms with E-state index in [4.69, 9.17) is 0 Å². The fraction of sp³-hybridized carbons (Fsp3) is 0.611. The highest BCUT2D eigenvalue weighted by atomic mass is 19.1. The van der Waals surface area contributed by atoms with Gasteiger partial charge in [0.05, 0.1) is 5.69 Å². The zero-order valence-electron chi connectivity index (χ0n) is 14.6. The van der Waals surface area contributed by atoms with Gasteiger partial charge in [0.2, 0.25) is 0 Å². The van der Waals surface area contributed by atoms with Crippen LogP contribution in [0.4, 0.5) is 10.1 Å². The normalized spacial score (nSPS) is 22.7. The first-order valence-corrected chi connectivity index (χ1v) is 8.88. The lowest BCUT2D eigenvalue weighted by atomic mass is 10.1. The van der Waals surface area contributed by atoms with Crippen LogP contribution < -0.4 is 10.2 Å². The molecule has 2 aliphatic heterocycles. The van der Waals surface area contributed by atoms with Gasteiger partial charge < -0.3 is 20.0 Å². The van der Waals surface area contributed by atoms with Gasteiger partial charge in [-0.05, 0) is 31.7 Å². The molecule has 0 radical (unpaired) electrons. The second kappa shape index (κ2) is 7.49. The molecule has 0 aliphatic carbocycles. The predicted octanol–water partition coefficient (Wildman–Crippen LogP) is 1.40. The van der Waals surface area contributed by atoms with E-state index in [1.165, 1.54) is 6.07 Å². The highest BCUT2D eigenvalue weighted by Gasteiger charge is 2.25. The van der Waals surface area contributed by atoms with Gasteiger partial charge in [-0.1, -0.05) is 6.92 Å². The van der Waals surface area contributed by atoms with Gasteiger partial charge in [-0.15, -0.1) is 0 Å². The lowest BCUT2D eigenvalue weighted by molar-refractivity contribution is 0.0655. The first-order valence-electron chi connectivity index (χ1n) is 8.88. The number of benzene rings is 1. The Morgan fingerprint density at radius 1 is 1.25 bits per heavy atom. The number of hydrogen-bond donors (Lipinski definition) is 1. The molecule has 2 aliphatic rings. The Morgan fingerprint density at radius 2 is 2.00 bits per heavy atom. The molecule has 1 N–H and O–H groups in total. The molecular formula is C18H27FN4O. The van der Waals surface area contributed by atoms with E-state index in [0.29, 0.717) is 17.8 Å². The van der Waals surface area contributed by atoms with Gasteiger partial charge in [-0.25, -0.2) is 4.39 Å². The van der Waals surface area contributed by atoms with Crippen LogP contribution in [0, 0.1) is 5.82 Å². The number of nitrogens with zero attached hydrogens (tertiary/aromatic N) is 3. The third kappa shape index (κ3) is 3.54. The fourth-order valence-corrected chi connectivity index (χ4v) is 3.51. The average molecular weight is 334 g/mol. The molecule has 5 nitrogen and oxygen atoms in total. The number of carbonyl (C=O) groups excluding carboxylic acids is 1. The number of carbonyl (C=O) groups is 1. The Balaban J connectivity index is 1.71. The van der Waals surface area contributed by atoms with Crippen molar-refractivity contribution in [3.63, 3.8) is 0 Å². The molecule has 6 heteroatoms. The summed E-state index contributed by atoms with van der Waals surface area (Å²) < 4.78 is 14.6. The summed E-state index contributed by atoms with van der Waals surface area (Å²) in [6.07, 6.45) is 0. The maximum atomic E-state index is 14.6. The number of rotatable bonds is 3. The minimum absolute atomic E-state index is 0.0785. The average Bonchev–Trinajstić information content (AvgIpc) is 2.61. The minimum atomic E-state index is -0.298. The summed E-state index contributed by atoms with van der Waals surface area (Å²) in [7, 11) is 0. The van der Waals surface area contributed by atoms with Crippen LogP contribution in [0.1, 0.15) is 24.2 Å². The van der Waals surface area contributed by atoms with Crippen molar-refractivity contribution in [2.45, 2.75) is 19.9 Å². The van der Waals surface area contributed by atoms with Gasteiger partial charge in [-0.3, -0.25) is 4.79 Å². The van der Waals surface area contributed by atoms with E-state index in [-0.39, 0.29) is 17.8 Å². The minimum Gasteiger partial charge on any atom is -0.367 e. The van der Waals surface area contributed by atoms with Gasteiger partial charge in [0.15, 0.2) is 0 Å². The maximum absolute atomic E-state index is 14.6. The number of nitrogens with one attached hydrogen (secondary N) is 1. The molecule has 1 aromatic carbocycles. The lowest BCUT2D eigenvalue weighted by Crippen LogP contribution is -2.52. The van der Waals surface area contributed by atoms with Gasteiger partial charge in [0.1, 0.15) is 5.82 Å². The smallest absolute Gasteiger partial charge is 0.254 e. The zero-order valence-corrected chi connectivity index (χ0v) is 14.6. The van der Waals surface area contributed by atoms with Crippen molar-refractivity contribution in [3.8, 4) is 0 Å². The molecule has 24 heavy (non-hydrogen) atoms. The second-order valence-corrected chi connectivity index (χ2v) is 6.64. The number of hydrogen-bond acceptors (Lipinski definition) is 4. The van der Waals surface area contributed by atoms with E-state index in [2.05, 4.69) is 22.0 Å². The highest BCUT2D eigenvalue weighted by Crippen LogP contribution is 2.23. The lowest BCUT2D eigenvalue weighted by Gasteiger charge is -2.36. The van der Waals surface area contributed by atoms with Crippen LogP contribution >= 0.6 is 0 Å². The van der Waals surface area contributed by atoms with Crippen LogP contribution in [-0.4, -0.2) is 74.1 Å². The van der Waals surface area contributed by atoms with Crippen molar-refractivity contribution in [1.82, 2.24) is 15.1 Å². The Kier molecular flexibility index (Phi) is 5.36. The summed E-state index contributed by atoms with van der Waals surface area (Å²) in [4.78, 5) is 18.9. The van der Waals surface area contributed by atoms with E-state index in [1.807, 2.05) is 11.8 Å². The SMILES string of the molecule is CCN1CCN(c2ccc(C(=O)N3CCNC[C@@H]3C)cc2F)CC1. The van der Waals surface area contributed by atoms with Crippen molar-refractivity contribution in [3.05, 3.63) is 29.6 Å². The van der Waals surface area contributed by atoms with Gasteiger partial charge in [0, 0.05) is 57.4 Å². The molecule has 0 unspecified atom stereocenters. The van der Waals surface area contributed by atoms with Crippen LogP contribution in [0.2, 0.25) is 0 Å². The van der Waals surface area contributed by atoms with Crippen LogP contribution in [0.5, 0.6) is 0 Å². The molecule has 0 saturated carbocycles. The van der Waals surface area contributed by atoms with E-state index >= 15 is 0 Å². The van der Waals surface area contributed by atoms with Crippen molar-refractivity contribution in [2.24, 2.45) is 0 Å². The molecule has 2 fully saturated rings. The fourth-order valence-electron chi connectivity index (χ4n) is 3.51. The number of likely N-dealkylation sites (N-methyl/N-ethyl adjacent to an activating group) is 1. The molecular weight excluding hydrogens is 307 g/mol. The Labute approximate surface area is 143 Å². The standard InChI is InChI=1S/C18H27FN4O/c1-3-21-8-10-22(11-9-21)17-5-4-15(12-16(17)19)18(24)23-7-6-20-13-14(23)2/h4-5,12,14,20H,3,6-11,13H2,1-2H3/t14-/m0/s1. The topological polar surface area (TPSA) is 38.8 Å². The van der Waals surface area contributed by atoms with Crippen LogP contribution in [0.3, 0.4) is 0 Å². The van der Waals surface area contributed by atoms with Crippen molar-refractivity contribution in [1.29, 1.82) is 0 Å². The number of anilines is 1. The molecule has 0 aromatic heterocycles. The second-order valence-electron chi connectivity index (χ2n) is 6.64. The summed E-state index contributed by atoms with van der Waals surface area (Å²) >= 11 is 0. The number of amides is 1. The molecule has 1 aromatic rings. The quantitative estimate of drug-likeness (QED) is 0.907. The summed E-state index contributed by atoms with van der Waals surface area (Å²) in [6, 6.07) is 5.06. The number of piperazine rings is 2. The van der Waals surface area contributed by atoms with E-state index in [0.717, 1.165) is 45.8 Å². The largest absolute Gasteiger partial charge is 0.367 e. The van der Waals surface area contributed by atoms with Crippen molar-refractivity contribution >= 4 is 11.6 Å². The summed E-state index contributed by atoms with van der Waals surface area (Å²) in [6.45, 7) is 11.0. The van der Waals surface area contributed by atoms with Gasteiger partial charge >= 0.3 is 0 Å². The third-order valence-corrected chi connectivity index (χ3v) is 5.12. The molecule has 3 rings (SSSR count). The van der Waals surface area contributed by atoms with Gasteiger partial charge in [0.25, 0.3) is 5.91 Å². The predicted molar refractivity (Wildman–Crippen MR) is 94.1 cm³/mol. The first-order chi connectivity index (χ1) is 11.6. The van der Waals surface area contributed by atoms with E-state index in [9.17, 15) is 9.18 Å². The summed E-state index contributed by atoms with van der Waals surface area (Å²) in [5.74, 6) is -0.376. The molecule has 2 heterocycles. The molecule has 0 bridgehead atoms. The van der Waals surface area contributed by atoms with Crippen LogP contribution in [-0.2, 0) is 0 Å². The highest BCUT2D eigenvalue weighted by molar-refractivity contribution is 5.95. The van der Waals surface area contributed by atoms with E-state index in [1.54, 1.807) is 12.1 Å². The van der Waals surface area contributed by atoms with E-state index < -0.39 is 0 Å². The molecule has 0 spiro atoms. The Morgan fingerprint density at radius 3 is 2.62 bits per heavy atom. The van der Waals surface area contributed by atoms with Crippen molar-refractivity contribution in [2.75, 3.05) is 57.3 Å². The zero-order chi connectivity index (χ0) is 17.1. The van der Waals surface area contributed by atoms with Crippen LogP contribution in [0.25, 0.3) is 0 Å². The summed E-state index contributed by atoms with van der Waals surface area (Å²) in [5, 5.41) is 3.26.